The highest BCUT2D eigenvalue weighted by Gasteiger charge is 2.26. The minimum Gasteiger partial charge on any atom is -0.336 e. The smallest absolute Gasteiger partial charge is 0.252 e. The molecule has 0 saturated heterocycles. The third-order valence-electron chi connectivity index (χ3n) is 3.71. The molecule has 1 N–H and O–H groups in total. The second-order valence-corrected chi connectivity index (χ2v) is 7.35. The van der Waals surface area contributed by atoms with Gasteiger partial charge in [0.2, 0.25) is 10.0 Å². The number of nitrogens with zero attached hydrogens (tertiary/aromatic N) is 1. The first kappa shape index (κ1) is 18.2. The fourth-order valence-electron chi connectivity index (χ4n) is 1.97. The Morgan fingerprint density at radius 3 is 2.36 bits per heavy atom. The second kappa shape index (κ2) is 6.95. The van der Waals surface area contributed by atoms with Crippen LogP contribution >= 0.6 is 0 Å². The maximum atomic E-state index is 12.4. The van der Waals surface area contributed by atoms with Gasteiger partial charge < -0.3 is 5.32 Å². The number of hydrogen-bond acceptors (Lipinski definition) is 3. The Labute approximate surface area is 132 Å². The van der Waals surface area contributed by atoms with Crippen LogP contribution in [0, 0.1) is 12.3 Å². The van der Waals surface area contributed by atoms with E-state index >= 15 is 0 Å². The number of carbonyl (C=O) groups is 1. The Balaban J connectivity index is 3.15. The molecule has 22 heavy (non-hydrogen) atoms. The molecule has 1 aromatic carbocycles. The van der Waals surface area contributed by atoms with E-state index in [1.54, 1.807) is 12.1 Å². The van der Waals surface area contributed by atoms with Crippen molar-refractivity contribution in [2.24, 2.45) is 0 Å². The van der Waals surface area contributed by atoms with Gasteiger partial charge in [-0.1, -0.05) is 25.8 Å². The topological polar surface area (TPSA) is 66.5 Å². The Hall–Kier alpha value is -1.84. The van der Waals surface area contributed by atoms with Gasteiger partial charge in [-0.05, 0) is 31.0 Å². The molecule has 0 spiro atoms. The molecule has 1 rings (SSSR count). The Bertz CT molecular complexity index is 684. The van der Waals surface area contributed by atoms with Crippen LogP contribution in [0.3, 0.4) is 0 Å². The van der Waals surface area contributed by atoms with Crippen molar-refractivity contribution in [2.45, 2.75) is 37.1 Å². The molecule has 0 aliphatic carbocycles. The number of benzene rings is 1. The maximum Gasteiger partial charge on any atom is 0.252 e. The van der Waals surface area contributed by atoms with E-state index in [1.165, 1.54) is 26.2 Å². The fraction of sp³-hybridized carbons (Fsp3) is 0.438. The molecule has 5 nitrogen and oxygen atoms in total. The molecule has 6 heteroatoms. The molecule has 0 saturated carbocycles. The van der Waals surface area contributed by atoms with E-state index < -0.39 is 15.6 Å². The molecule has 1 amide bonds. The van der Waals surface area contributed by atoms with E-state index in [-0.39, 0.29) is 16.4 Å². The average molecular weight is 322 g/mol. The number of nitrogens with one attached hydrogen (secondary N) is 1. The van der Waals surface area contributed by atoms with E-state index in [0.717, 1.165) is 4.31 Å². The largest absolute Gasteiger partial charge is 0.336 e. The summed E-state index contributed by atoms with van der Waals surface area (Å²) in [6, 6.07) is 5.93. The summed E-state index contributed by atoms with van der Waals surface area (Å²) in [5.74, 6) is 2.24. The number of carbonyl (C=O) groups excluding carboxylic acids is 1. The van der Waals surface area contributed by atoms with E-state index in [2.05, 4.69) is 11.2 Å². The molecule has 0 aliphatic heterocycles. The monoisotopic (exact) mass is 322 g/mol. The van der Waals surface area contributed by atoms with Crippen molar-refractivity contribution in [1.29, 1.82) is 0 Å². The number of sulfonamides is 1. The molecule has 0 bridgehead atoms. The lowest BCUT2D eigenvalue weighted by atomic mass is 9.93. The molecule has 0 radical (unpaired) electrons. The van der Waals surface area contributed by atoms with Crippen LogP contribution in [0.5, 0.6) is 0 Å². The van der Waals surface area contributed by atoms with Crippen LogP contribution in [-0.2, 0) is 10.0 Å². The number of terminal acetylenes is 1. The van der Waals surface area contributed by atoms with Gasteiger partial charge in [-0.3, -0.25) is 4.79 Å². The third kappa shape index (κ3) is 3.67. The van der Waals surface area contributed by atoms with Crippen molar-refractivity contribution in [1.82, 2.24) is 9.62 Å². The zero-order valence-electron chi connectivity index (χ0n) is 13.4. The normalized spacial score (nSPS) is 12.0. The van der Waals surface area contributed by atoms with Gasteiger partial charge in [0.25, 0.3) is 5.91 Å². The van der Waals surface area contributed by atoms with Crippen molar-refractivity contribution < 1.29 is 13.2 Å². The van der Waals surface area contributed by atoms with E-state index in [1.807, 2.05) is 13.8 Å². The molecule has 0 aliphatic rings. The van der Waals surface area contributed by atoms with Crippen LogP contribution in [0.2, 0.25) is 0 Å². The highest BCUT2D eigenvalue weighted by Crippen LogP contribution is 2.18. The van der Waals surface area contributed by atoms with Crippen molar-refractivity contribution in [3.63, 3.8) is 0 Å². The minimum atomic E-state index is -3.58. The van der Waals surface area contributed by atoms with Crippen LogP contribution in [-0.4, -0.2) is 38.3 Å². The van der Waals surface area contributed by atoms with Gasteiger partial charge in [-0.15, -0.1) is 6.42 Å². The van der Waals surface area contributed by atoms with Crippen LogP contribution in [0.15, 0.2) is 29.2 Å². The lowest BCUT2D eigenvalue weighted by Gasteiger charge is -2.27. The van der Waals surface area contributed by atoms with Gasteiger partial charge in [0.15, 0.2) is 0 Å². The zero-order chi connectivity index (χ0) is 17.0. The fourth-order valence-corrected chi connectivity index (χ4v) is 2.91. The van der Waals surface area contributed by atoms with Gasteiger partial charge in [-0.2, -0.15) is 0 Å². The number of rotatable bonds is 6. The number of hydrogen-bond donors (Lipinski definition) is 1. The summed E-state index contributed by atoms with van der Waals surface area (Å²) < 4.78 is 25.3. The first-order valence-electron chi connectivity index (χ1n) is 7.05. The van der Waals surface area contributed by atoms with Crippen LogP contribution < -0.4 is 5.32 Å². The molecule has 0 aromatic heterocycles. The van der Waals surface area contributed by atoms with Gasteiger partial charge in [-0.25, -0.2) is 12.7 Å². The van der Waals surface area contributed by atoms with Crippen LogP contribution in [0.1, 0.15) is 37.0 Å². The zero-order valence-corrected chi connectivity index (χ0v) is 14.2. The summed E-state index contributed by atoms with van der Waals surface area (Å²) >= 11 is 0. The molecule has 0 unspecified atom stereocenters. The molecule has 0 atom stereocenters. The van der Waals surface area contributed by atoms with Gasteiger partial charge in [0.05, 0.1) is 4.90 Å². The summed E-state index contributed by atoms with van der Waals surface area (Å²) in [5, 5.41) is 2.82. The van der Waals surface area contributed by atoms with Crippen molar-refractivity contribution in [3.8, 4) is 12.3 Å². The Morgan fingerprint density at radius 2 is 1.91 bits per heavy atom. The summed E-state index contributed by atoms with van der Waals surface area (Å²) in [5.41, 5.74) is -0.447. The molecule has 0 fully saturated rings. The lowest BCUT2D eigenvalue weighted by molar-refractivity contribution is 0.0916. The summed E-state index contributed by atoms with van der Waals surface area (Å²) in [4.78, 5) is 12.4. The van der Waals surface area contributed by atoms with Crippen LogP contribution in [0.4, 0.5) is 0 Å². The van der Waals surface area contributed by atoms with Crippen molar-refractivity contribution >= 4 is 15.9 Å². The Kier molecular flexibility index (Phi) is 5.75. The van der Waals surface area contributed by atoms with E-state index in [4.69, 9.17) is 6.42 Å². The van der Waals surface area contributed by atoms with Gasteiger partial charge in [0.1, 0.15) is 5.54 Å². The lowest BCUT2D eigenvalue weighted by Crippen LogP contribution is -2.46. The van der Waals surface area contributed by atoms with Crippen molar-refractivity contribution in [3.05, 3.63) is 29.8 Å². The standard InChI is InChI=1S/C16H22N2O3S/c1-6-16(7-2,8-3)17-15(19)13-10-9-11-14(12-13)22(20,21)18(4)5/h1,9-12H,7-8H2,2-5H3,(H,17,19). The molecular formula is C16H22N2O3S. The maximum absolute atomic E-state index is 12.4. The number of amides is 1. The minimum absolute atomic E-state index is 0.0736. The molecular weight excluding hydrogens is 300 g/mol. The quantitative estimate of drug-likeness (QED) is 0.813. The van der Waals surface area contributed by atoms with Gasteiger partial charge >= 0.3 is 0 Å². The summed E-state index contributed by atoms with van der Waals surface area (Å²) in [7, 11) is -0.692. The third-order valence-corrected chi connectivity index (χ3v) is 5.52. The van der Waals surface area contributed by atoms with E-state index in [9.17, 15) is 13.2 Å². The second-order valence-electron chi connectivity index (χ2n) is 5.20. The highest BCUT2D eigenvalue weighted by atomic mass is 32.2. The summed E-state index contributed by atoms with van der Waals surface area (Å²) in [6.07, 6.45) is 6.72. The molecule has 120 valence electrons. The molecule has 0 heterocycles. The van der Waals surface area contributed by atoms with E-state index in [0.29, 0.717) is 12.8 Å². The summed E-state index contributed by atoms with van der Waals surface area (Å²) in [6.45, 7) is 3.80. The Morgan fingerprint density at radius 1 is 1.32 bits per heavy atom. The first-order valence-corrected chi connectivity index (χ1v) is 8.49. The molecule has 1 aromatic rings. The average Bonchev–Trinajstić information content (AvgIpc) is 2.52. The van der Waals surface area contributed by atoms with Crippen molar-refractivity contribution in [2.75, 3.05) is 14.1 Å². The van der Waals surface area contributed by atoms with Crippen LogP contribution in [0.25, 0.3) is 0 Å². The van der Waals surface area contributed by atoms with Gasteiger partial charge in [0, 0.05) is 19.7 Å². The predicted octanol–water partition coefficient (Wildman–Crippen LogP) is 1.86. The SMILES string of the molecule is C#CC(CC)(CC)NC(=O)c1cccc(S(=O)(=O)N(C)C)c1. The highest BCUT2D eigenvalue weighted by molar-refractivity contribution is 7.89. The first-order chi connectivity index (χ1) is 10.2. The predicted molar refractivity (Wildman–Crippen MR) is 86.9 cm³/mol.